The third-order valence-electron chi connectivity index (χ3n) is 3.66. The molecule has 7 heteroatoms. The van der Waals surface area contributed by atoms with Crippen LogP contribution in [0.25, 0.3) is 5.70 Å². The van der Waals surface area contributed by atoms with Gasteiger partial charge in [0.15, 0.2) is 0 Å². The van der Waals surface area contributed by atoms with Gasteiger partial charge in [0.05, 0.1) is 29.0 Å². The molecule has 0 radical (unpaired) electrons. The number of carbonyl (C=O) groups is 1. The smallest absolute Gasteiger partial charge is 0.410 e. The third-order valence-corrected chi connectivity index (χ3v) is 4.56. The van der Waals surface area contributed by atoms with Crippen molar-refractivity contribution >= 4 is 23.6 Å². The molecule has 124 valence electrons. The van der Waals surface area contributed by atoms with Crippen LogP contribution in [0.4, 0.5) is 4.79 Å². The Bertz CT molecular complexity index is 654. The zero-order chi connectivity index (χ0) is 16.6. The van der Waals surface area contributed by atoms with Crippen LogP contribution >= 0.6 is 11.8 Å². The molecule has 6 nitrogen and oxygen atoms in total. The number of ether oxygens (including phenoxy) is 1. The van der Waals surface area contributed by atoms with Crippen molar-refractivity contribution in [1.82, 2.24) is 20.2 Å². The first-order chi connectivity index (χ1) is 10.8. The fourth-order valence-corrected chi connectivity index (χ4v) is 3.36. The van der Waals surface area contributed by atoms with Gasteiger partial charge in [0.1, 0.15) is 11.9 Å². The molecule has 1 amide bonds. The maximum absolute atomic E-state index is 12.2. The Hall–Kier alpha value is -1.76. The molecule has 2 aliphatic rings. The second kappa shape index (κ2) is 6.03. The highest BCUT2D eigenvalue weighted by Gasteiger charge is 2.29. The molecule has 0 saturated carbocycles. The van der Waals surface area contributed by atoms with E-state index in [2.05, 4.69) is 27.6 Å². The lowest BCUT2D eigenvalue weighted by Crippen LogP contribution is -2.40. The van der Waals surface area contributed by atoms with Gasteiger partial charge in [-0.05, 0) is 39.5 Å². The molecule has 1 atom stereocenters. The average Bonchev–Trinajstić information content (AvgIpc) is 2.90. The molecule has 23 heavy (non-hydrogen) atoms. The number of rotatable bonds is 1. The number of aromatic nitrogens is 2. The Morgan fingerprint density at radius 2 is 2.22 bits per heavy atom. The molecule has 3 heterocycles. The second-order valence-electron chi connectivity index (χ2n) is 6.75. The monoisotopic (exact) mass is 334 g/mol. The van der Waals surface area contributed by atoms with E-state index in [-0.39, 0.29) is 6.09 Å². The van der Waals surface area contributed by atoms with E-state index in [0.29, 0.717) is 18.5 Å². The molecule has 0 aliphatic carbocycles. The van der Waals surface area contributed by atoms with E-state index in [1.165, 1.54) is 0 Å². The summed E-state index contributed by atoms with van der Waals surface area (Å²) in [7, 11) is 0. The SMILES string of the molecule is CC1NC(c2ncnc3c2CCN(C(=O)OC(C)(C)C)C3)=CS1. The summed E-state index contributed by atoms with van der Waals surface area (Å²) in [5.74, 6) is 0. The Balaban J connectivity index is 1.79. The fourth-order valence-electron chi connectivity index (χ4n) is 2.65. The standard InChI is InChI=1S/C16H22N4O2S/c1-10-19-13(8-23-10)14-11-5-6-20(7-12(11)17-9-18-14)15(21)22-16(2,3)4/h8-10,19H,5-7H2,1-4H3. The van der Waals surface area contributed by atoms with Crippen molar-refractivity contribution in [3.05, 3.63) is 28.7 Å². The molecule has 0 bridgehead atoms. The van der Waals surface area contributed by atoms with Crippen LogP contribution in [-0.4, -0.2) is 38.5 Å². The molecular weight excluding hydrogens is 312 g/mol. The summed E-state index contributed by atoms with van der Waals surface area (Å²) in [5.41, 5.74) is 3.54. The predicted molar refractivity (Wildman–Crippen MR) is 90.5 cm³/mol. The lowest BCUT2D eigenvalue weighted by molar-refractivity contribution is 0.0220. The lowest BCUT2D eigenvalue weighted by atomic mass is 10.0. The quantitative estimate of drug-likeness (QED) is 0.852. The zero-order valence-electron chi connectivity index (χ0n) is 13.9. The number of thioether (sulfide) groups is 1. The van der Waals surface area contributed by atoms with Gasteiger partial charge in [0.25, 0.3) is 0 Å². The van der Waals surface area contributed by atoms with Crippen molar-refractivity contribution in [2.75, 3.05) is 6.54 Å². The summed E-state index contributed by atoms with van der Waals surface area (Å²) in [4.78, 5) is 22.8. The van der Waals surface area contributed by atoms with Gasteiger partial charge in [-0.15, -0.1) is 11.8 Å². The average molecular weight is 334 g/mol. The van der Waals surface area contributed by atoms with Crippen molar-refractivity contribution in [2.45, 2.75) is 51.6 Å². The number of hydrogen-bond donors (Lipinski definition) is 1. The first-order valence-corrected chi connectivity index (χ1v) is 8.71. The topological polar surface area (TPSA) is 67.4 Å². The summed E-state index contributed by atoms with van der Waals surface area (Å²) in [5, 5.41) is 5.88. The second-order valence-corrected chi connectivity index (χ2v) is 7.97. The number of fused-ring (bicyclic) bond motifs is 1. The van der Waals surface area contributed by atoms with Crippen LogP contribution in [-0.2, 0) is 17.7 Å². The summed E-state index contributed by atoms with van der Waals surface area (Å²) in [6.45, 7) is 8.83. The van der Waals surface area contributed by atoms with Crippen LogP contribution < -0.4 is 5.32 Å². The molecule has 2 aliphatic heterocycles. The van der Waals surface area contributed by atoms with Gasteiger partial charge in [0.2, 0.25) is 0 Å². The van der Waals surface area contributed by atoms with Gasteiger partial charge in [0, 0.05) is 12.1 Å². The first kappa shape index (κ1) is 16.1. The minimum absolute atomic E-state index is 0.286. The Labute approximate surface area is 140 Å². The van der Waals surface area contributed by atoms with Gasteiger partial charge >= 0.3 is 6.09 Å². The van der Waals surface area contributed by atoms with Crippen LogP contribution in [0.3, 0.4) is 0 Å². The Kier molecular flexibility index (Phi) is 4.23. The van der Waals surface area contributed by atoms with E-state index >= 15 is 0 Å². The summed E-state index contributed by atoms with van der Waals surface area (Å²) in [6.07, 6.45) is 2.02. The van der Waals surface area contributed by atoms with Gasteiger partial charge in [-0.1, -0.05) is 0 Å². The van der Waals surface area contributed by atoms with Gasteiger partial charge in [-0.25, -0.2) is 14.8 Å². The van der Waals surface area contributed by atoms with E-state index in [0.717, 1.165) is 29.1 Å². The van der Waals surface area contributed by atoms with Crippen molar-refractivity contribution < 1.29 is 9.53 Å². The highest BCUT2D eigenvalue weighted by molar-refractivity contribution is 8.03. The number of nitrogens with zero attached hydrogens (tertiary/aromatic N) is 3. The van der Waals surface area contributed by atoms with E-state index in [4.69, 9.17) is 4.74 Å². The molecule has 1 aromatic heterocycles. The predicted octanol–water partition coefficient (Wildman–Crippen LogP) is 2.75. The molecule has 0 aromatic carbocycles. The molecule has 0 fully saturated rings. The summed E-state index contributed by atoms with van der Waals surface area (Å²) < 4.78 is 5.45. The number of hydrogen-bond acceptors (Lipinski definition) is 6. The molecule has 0 spiro atoms. The van der Waals surface area contributed by atoms with E-state index in [9.17, 15) is 4.79 Å². The summed E-state index contributed by atoms with van der Waals surface area (Å²) in [6, 6.07) is 0. The maximum Gasteiger partial charge on any atom is 0.410 e. The highest BCUT2D eigenvalue weighted by Crippen LogP contribution is 2.30. The highest BCUT2D eigenvalue weighted by atomic mass is 32.2. The minimum Gasteiger partial charge on any atom is -0.444 e. The van der Waals surface area contributed by atoms with Crippen LogP contribution in [0.5, 0.6) is 0 Å². The molecule has 1 unspecified atom stereocenters. The molecule has 1 N–H and O–H groups in total. The number of amides is 1. The Morgan fingerprint density at radius 1 is 1.43 bits per heavy atom. The third kappa shape index (κ3) is 3.60. The molecular formula is C16H22N4O2S. The van der Waals surface area contributed by atoms with Crippen LogP contribution in [0.2, 0.25) is 0 Å². The van der Waals surface area contributed by atoms with Crippen molar-refractivity contribution in [3.8, 4) is 0 Å². The number of nitrogens with one attached hydrogen (secondary N) is 1. The minimum atomic E-state index is -0.486. The van der Waals surface area contributed by atoms with Crippen LogP contribution in [0.1, 0.15) is 44.6 Å². The van der Waals surface area contributed by atoms with Gasteiger partial charge in [-0.3, -0.25) is 0 Å². The van der Waals surface area contributed by atoms with Crippen LogP contribution in [0, 0.1) is 0 Å². The van der Waals surface area contributed by atoms with Gasteiger partial charge in [-0.2, -0.15) is 0 Å². The first-order valence-electron chi connectivity index (χ1n) is 7.77. The van der Waals surface area contributed by atoms with Crippen molar-refractivity contribution in [3.63, 3.8) is 0 Å². The lowest BCUT2D eigenvalue weighted by Gasteiger charge is -2.31. The van der Waals surface area contributed by atoms with Gasteiger partial charge < -0.3 is 15.0 Å². The summed E-state index contributed by atoms with van der Waals surface area (Å²) >= 11 is 1.74. The van der Waals surface area contributed by atoms with Crippen molar-refractivity contribution in [2.24, 2.45) is 0 Å². The Morgan fingerprint density at radius 3 is 2.87 bits per heavy atom. The van der Waals surface area contributed by atoms with E-state index < -0.39 is 5.60 Å². The molecule has 0 saturated heterocycles. The molecule has 3 rings (SSSR count). The van der Waals surface area contributed by atoms with E-state index in [1.54, 1.807) is 23.0 Å². The maximum atomic E-state index is 12.2. The normalized spacial score (nSPS) is 20.6. The zero-order valence-corrected chi connectivity index (χ0v) is 14.7. The van der Waals surface area contributed by atoms with E-state index in [1.807, 2.05) is 20.8 Å². The number of carbonyl (C=O) groups excluding carboxylic acids is 1. The largest absolute Gasteiger partial charge is 0.444 e. The van der Waals surface area contributed by atoms with Crippen LogP contribution in [0.15, 0.2) is 11.7 Å². The molecule has 1 aromatic rings. The fraction of sp³-hybridized carbons (Fsp3) is 0.562. The van der Waals surface area contributed by atoms with Crippen molar-refractivity contribution in [1.29, 1.82) is 0 Å².